The van der Waals surface area contributed by atoms with Crippen molar-refractivity contribution in [3.8, 4) is 0 Å². The van der Waals surface area contributed by atoms with Crippen LogP contribution in [0.25, 0.3) is 0 Å². The molecule has 74 valence electrons. The van der Waals surface area contributed by atoms with Crippen LogP contribution in [-0.4, -0.2) is 51.5 Å². The minimum atomic E-state index is -1.19. The predicted molar refractivity (Wildman–Crippen MR) is 41.3 cm³/mol. The molecule has 1 aliphatic rings. The lowest BCUT2D eigenvalue weighted by Gasteiger charge is -2.31. The summed E-state index contributed by atoms with van der Waals surface area (Å²) >= 11 is 0. The molecule has 0 spiro atoms. The number of likely N-dealkylation sites (tertiary alicyclic amines) is 1. The third kappa shape index (κ3) is 2.32. The SMILES string of the molecule is O=C(O)[C@H]1C[C@H](O)CN(C(=O)O)C1. The highest BCUT2D eigenvalue weighted by atomic mass is 16.4. The number of carboxylic acid groups (broad SMARTS) is 2. The number of hydrogen-bond acceptors (Lipinski definition) is 3. The first-order chi connectivity index (χ1) is 6.00. The summed E-state index contributed by atoms with van der Waals surface area (Å²) in [5.74, 6) is -1.86. The summed E-state index contributed by atoms with van der Waals surface area (Å²) in [4.78, 5) is 22.0. The number of aliphatic hydroxyl groups is 1. The molecule has 1 aliphatic heterocycles. The lowest BCUT2D eigenvalue weighted by Crippen LogP contribution is -2.47. The second-order valence-electron chi connectivity index (χ2n) is 3.11. The van der Waals surface area contributed by atoms with Crippen LogP contribution >= 0.6 is 0 Å². The van der Waals surface area contributed by atoms with E-state index in [4.69, 9.17) is 10.2 Å². The first-order valence-electron chi connectivity index (χ1n) is 3.89. The molecule has 1 rings (SSSR count). The lowest BCUT2D eigenvalue weighted by atomic mass is 9.96. The van der Waals surface area contributed by atoms with E-state index in [0.717, 1.165) is 4.90 Å². The summed E-state index contributed by atoms with van der Waals surface area (Å²) in [5.41, 5.74) is 0. The Balaban J connectivity index is 2.62. The van der Waals surface area contributed by atoms with E-state index in [9.17, 15) is 14.7 Å². The molecule has 6 nitrogen and oxygen atoms in total. The zero-order valence-corrected chi connectivity index (χ0v) is 6.88. The minimum Gasteiger partial charge on any atom is -0.481 e. The molecular formula is C7H11NO5. The van der Waals surface area contributed by atoms with Gasteiger partial charge in [-0.25, -0.2) is 4.79 Å². The molecule has 3 N–H and O–H groups in total. The highest BCUT2D eigenvalue weighted by molar-refractivity contribution is 5.72. The van der Waals surface area contributed by atoms with Crippen molar-refractivity contribution in [1.29, 1.82) is 0 Å². The first-order valence-corrected chi connectivity index (χ1v) is 3.89. The number of aliphatic carboxylic acids is 1. The normalized spacial score (nSPS) is 28.5. The Bertz CT molecular complexity index is 207. The molecule has 1 fully saturated rings. The molecular weight excluding hydrogens is 178 g/mol. The molecule has 0 unspecified atom stereocenters. The van der Waals surface area contributed by atoms with E-state index in [2.05, 4.69) is 0 Å². The monoisotopic (exact) mass is 189 g/mol. The maximum absolute atomic E-state index is 10.5. The smallest absolute Gasteiger partial charge is 0.407 e. The van der Waals surface area contributed by atoms with Gasteiger partial charge in [0.05, 0.1) is 12.0 Å². The number of nitrogens with zero attached hydrogens (tertiary/aromatic N) is 1. The predicted octanol–water partition coefficient (Wildman–Crippen LogP) is -0.568. The first kappa shape index (κ1) is 9.79. The fourth-order valence-electron chi connectivity index (χ4n) is 1.41. The Kier molecular flexibility index (Phi) is 2.72. The van der Waals surface area contributed by atoms with Crippen LogP contribution in [0.15, 0.2) is 0 Å². The van der Waals surface area contributed by atoms with E-state index in [1.165, 1.54) is 0 Å². The quantitative estimate of drug-likeness (QED) is 0.513. The van der Waals surface area contributed by atoms with E-state index in [-0.39, 0.29) is 19.5 Å². The Morgan fingerprint density at radius 1 is 1.23 bits per heavy atom. The van der Waals surface area contributed by atoms with Crippen molar-refractivity contribution < 1.29 is 24.9 Å². The van der Waals surface area contributed by atoms with E-state index in [0.29, 0.717) is 0 Å². The Hall–Kier alpha value is -1.30. The minimum absolute atomic E-state index is 0.000880. The van der Waals surface area contributed by atoms with E-state index >= 15 is 0 Å². The summed E-state index contributed by atoms with van der Waals surface area (Å²) in [6.07, 6.45) is -1.94. The molecule has 0 radical (unpaired) electrons. The number of carbonyl (C=O) groups is 2. The molecule has 1 amide bonds. The van der Waals surface area contributed by atoms with Crippen LogP contribution in [0, 0.1) is 5.92 Å². The molecule has 2 atom stereocenters. The zero-order chi connectivity index (χ0) is 10.0. The Morgan fingerprint density at radius 3 is 2.31 bits per heavy atom. The van der Waals surface area contributed by atoms with Gasteiger partial charge in [-0.1, -0.05) is 0 Å². The van der Waals surface area contributed by atoms with Gasteiger partial charge >= 0.3 is 12.1 Å². The van der Waals surface area contributed by atoms with Gasteiger partial charge < -0.3 is 20.2 Å². The Morgan fingerprint density at radius 2 is 1.85 bits per heavy atom. The van der Waals surface area contributed by atoms with Crippen molar-refractivity contribution >= 4 is 12.1 Å². The molecule has 1 saturated heterocycles. The summed E-state index contributed by atoms with van der Waals surface area (Å²) in [5, 5.41) is 26.4. The highest BCUT2D eigenvalue weighted by Crippen LogP contribution is 2.16. The molecule has 13 heavy (non-hydrogen) atoms. The summed E-state index contributed by atoms with van der Waals surface area (Å²) in [6.45, 7) is -0.0408. The average molecular weight is 189 g/mol. The third-order valence-electron chi connectivity index (χ3n) is 2.05. The van der Waals surface area contributed by atoms with Gasteiger partial charge in [-0.05, 0) is 6.42 Å². The van der Waals surface area contributed by atoms with Crippen LogP contribution in [0.5, 0.6) is 0 Å². The number of piperidine rings is 1. The number of amides is 1. The molecule has 0 saturated carbocycles. The second-order valence-corrected chi connectivity index (χ2v) is 3.11. The number of aliphatic hydroxyl groups excluding tert-OH is 1. The van der Waals surface area contributed by atoms with Gasteiger partial charge in [0.15, 0.2) is 0 Å². The van der Waals surface area contributed by atoms with Crippen LogP contribution in [0.2, 0.25) is 0 Å². The third-order valence-corrected chi connectivity index (χ3v) is 2.05. The van der Waals surface area contributed by atoms with E-state index < -0.39 is 24.1 Å². The van der Waals surface area contributed by atoms with E-state index in [1.54, 1.807) is 0 Å². The van der Waals surface area contributed by atoms with Crippen LogP contribution in [0.1, 0.15) is 6.42 Å². The summed E-state index contributed by atoms with van der Waals surface area (Å²) < 4.78 is 0. The standard InChI is InChI=1S/C7H11NO5/c9-5-1-4(6(10)11)2-8(3-5)7(12)13/h4-5,9H,1-3H2,(H,10,11)(H,12,13)/t4-,5-/m0/s1. The van der Waals surface area contributed by atoms with Gasteiger partial charge in [0.25, 0.3) is 0 Å². The fourth-order valence-corrected chi connectivity index (χ4v) is 1.41. The van der Waals surface area contributed by atoms with E-state index in [1.807, 2.05) is 0 Å². The number of carboxylic acids is 1. The molecule has 0 aliphatic carbocycles. The van der Waals surface area contributed by atoms with Crippen LogP contribution in [0.3, 0.4) is 0 Å². The van der Waals surface area contributed by atoms with Crippen molar-refractivity contribution in [3.05, 3.63) is 0 Å². The van der Waals surface area contributed by atoms with Crippen molar-refractivity contribution in [2.75, 3.05) is 13.1 Å². The van der Waals surface area contributed by atoms with Crippen LogP contribution in [-0.2, 0) is 4.79 Å². The lowest BCUT2D eigenvalue weighted by molar-refractivity contribution is -0.145. The van der Waals surface area contributed by atoms with Gasteiger partial charge in [0.2, 0.25) is 0 Å². The van der Waals surface area contributed by atoms with Crippen LogP contribution < -0.4 is 0 Å². The van der Waals surface area contributed by atoms with Crippen molar-refractivity contribution in [2.24, 2.45) is 5.92 Å². The second kappa shape index (κ2) is 3.61. The molecule has 0 aromatic heterocycles. The fraction of sp³-hybridized carbons (Fsp3) is 0.714. The highest BCUT2D eigenvalue weighted by Gasteiger charge is 2.32. The topological polar surface area (TPSA) is 98.1 Å². The summed E-state index contributed by atoms with van der Waals surface area (Å²) in [7, 11) is 0. The number of rotatable bonds is 1. The Labute approximate surface area is 74.4 Å². The maximum atomic E-state index is 10.5. The summed E-state index contributed by atoms with van der Waals surface area (Å²) in [6, 6.07) is 0. The molecule has 0 bridgehead atoms. The van der Waals surface area contributed by atoms with Crippen molar-refractivity contribution in [3.63, 3.8) is 0 Å². The molecule has 6 heteroatoms. The average Bonchev–Trinajstić information content (AvgIpc) is 2.03. The van der Waals surface area contributed by atoms with Crippen LogP contribution in [0.4, 0.5) is 4.79 Å². The molecule has 1 heterocycles. The van der Waals surface area contributed by atoms with Gasteiger partial charge in [0, 0.05) is 13.1 Å². The van der Waals surface area contributed by atoms with Crippen molar-refractivity contribution in [1.82, 2.24) is 4.90 Å². The van der Waals surface area contributed by atoms with Gasteiger partial charge in [0.1, 0.15) is 0 Å². The van der Waals surface area contributed by atoms with Gasteiger partial charge in [-0.15, -0.1) is 0 Å². The molecule has 0 aromatic carbocycles. The zero-order valence-electron chi connectivity index (χ0n) is 6.88. The number of β-amino-alcohol motifs (C(OH)–C–C–N with tert-alkyl or cyclic N) is 1. The maximum Gasteiger partial charge on any atom is 0.407 e. The van der Waals surface area contributed by atoms with Crippen molar-refractivity contribution in [2.45, 2.75) is 12.5 Å². The molecule has 0 aromatic rings. The number of hydrogen-bond donors (Lipinski definition) is 3. The van der Waals surface area contributed by atoms with Gasteiger partial charge in [-0.2, -0.15) is 0 Å². The van der Waals surface area contributed by atoms with Gasteiger partial charge in [-0.3, -0.25) is 4.79 Å². The largest absolute Gasteiger partial charge is 0.481 e.